The fourth-order valence-corrected chi connectivity index (χ4v) is 13.6. The summed E-state index contributed by atoms with van der Waals surface area (Å²) in [7, 11) is 0. The molecule has 0 saturated carbocycles. The number of benzene rings is 12. The van der Waals surface area contributed by atoms with E-state index in [4.69, 9.17) is 23.8 Å². The van der Waals surface area contributed by atoms with Crippen molar-refractivity contribution >= 4 is 43.9 Å². The third-order valence-corrected chi connectivity index (χ3v) is 17.9. The summed E-state index contributed by atoms with van der Waals surface area (Å²) in [4.78, 5) is 14.5. The van der Waals surface area contributed by atoms with Crippen LogP contribution in [0.3, 0.4) is 0 Å². The van der Waals surface area contributed by atoms with Crippen LogP contribution in [0.4, 0.5) is 0 Å². The van der Waals surface area contributed by atoms with Crippen molar-refractivity contribution in [2.24, 2.45) is 0 Å². The molecule has 0 atom stereocenters. The highest BCUT2D eigenvalue weighted by Gasteiger charge is 2.24. The maximum Gasteiger partial charge on any atom is 0.143 e. The second-order valence-electron chi connectivity index (χ2n) is 23.3. The summed E-state index contributed by atoms with van der Waals surface area (Å²) in [5.41, 5.74) is 28.5. The van der Waals surface area contributed by atoms with Gasteiger partial charge in [0.05, 0.1) is 17.1 Å². The van der Waals surface area contributed by atoms with Gasteiger partial charge in [-0.3, -0.25) is 15.0 Å². The van der Waals surface area contributed by atoms with Crippen LogP contribution in [0.15, 0.2) is 343 Å². The van der Waals surface area contributed by atoms with Gasteiger partial charge in [-0.05, 0) is 174 Å². The van der Waals surface area contributed by atoms with Crippen LogP contribution >= 0.6 is 0 Å². The van der Waals surface area contributed by atoms with Crippen molar-refractivity contribution in [2.75, 3.05) is 0 Å². The molecule has 0 aliphatic rings. The number of fused-ring (bicyclic) bond motifs is 6. The van der Waals surface area contributed by atoms with Crippen molar-refractivity contribution in [1.82, 2.24) is 15.0 Å². The van der Waals surface area contributed by atoms with Crippen LogP contribution in [0.5, 0.6) is 0 Å². The minimum atomic E-state index is 0.843. The summed E-state index contributed by atoms with van der Waals surface area (Å²) >= 11 is 0. The summed E-state index contributed by atoms with van der Waals surface area (Å²) in [6, 6.07) is 113. The van der Waals surface area contributed by atoms with Crippen LogP contribution < -0.4 is 0 Å². The van der Waals surface area contributed by atoms with Gasteiger partial charge in [0, 0.05) is 68.0 Å². The van der Waals surface area contributed by atoms with E-state index in [-0.39, 0.29) is 0 Å². The number of pyridine rings is 3. The molecule has 0 amide bonds. The number of rotatable bonds is 12. The quantitative estimate of drug-likeness (QED) is 0.122. The Kier molecular flexibility index (Phi) is 13.5. The first-order valence-electron chi connectivity index (χ1n) is 31.1. The number of hydrogen-bond acceptors (Lipinski definition) is 5. The van der Waals surface area contributed by atoms with Crippen molar-refractivity contribution in [3.05, 3.63) is 334 Å². The first-order chi connectivity index (χ1) is 45.6. The van der Waals surface area contributed by atoms with Crippen LogP contribution in [0.2, 0.25) is 0 Å². The third kappa shape index (κ3) is 9.64. The number of hydrogen-bond donors (Lipinski definition) is 0. The fourth-order valence-electron chi connectivity index (χ4n) is 13.6. The Hall–Kier alpha value is -12.3. The summed E-state index contributed by atoms with van der Waals surface area (Å²) < 4.78 is 13.7. The standard InChI is InChI=1S/C87H55N3O2/c1-2-22-56(23-3-1)78-53-57(81-36-14-17-47-88-81)41-44-69(78)66-27-7-4-24-63(66)60-50-61(64-25-5-8-28-67(64)70-45-42-58(82-37-15-18-48-89-82)54-79(70)76-34-20-32-74-72-30-10-12-39-84(72)91-86(74)76)52-62(51-60)65-26-6-9-29-68(65)71-46-43-59(83-38-16-19-49-90-83)55-80(71)77-35-21-33-75-73-31-11-13-40-85(73)92-87(75)77/h1-55H. The van der Waals surface area contributed by atoms with Gasteiger partial charge in [0.1, 0.15) is 22.3 Å². The lowest BCUT2D eigenvalue weighted by Crippen LogP contribution is -1.95. The molecule has 5 heterocycles. The highest BCUT2D eigenvalue weighted by atomic mass is 16.3. The first-order valence-corrected chi connectivity index (χ1v) is 31.1. The topological polar surface area (TPSA) is 65.0 Å². The van der Waals surface area contributed by atoms with E-state index in [9.17, 15) is 0 Å². The lowest BCUT2D eigenvalue weighted by molar-refractivity contribution is 0.669. The molecule has 430 valence electrons. The van der Waals surface area contributed by atoms with Gasteiger partial charge >= 0.3 is 0 Å². The second-order valence-corrected chi connectivity index (χ2v) is 23.3. The Balaban J connectivity index is 0.913. The fraction of sp³-hybridized carbons (Fsp3) is 0. The molecule has 0 aliphatic heterocycles. The largest absolute Gasteiger partial charge is 0.455 e. The van der Waals surface area contributed by atoms with Crippen LogP contribution in [-0.4, -0.2) is 15.0 Å². The number of aromatic nitrogens is 3. The lowest BCUT2D eigenvalue weighted by Gasteiger charge is -2.21. The molecule has 5 heteroatoms. The number of para-hydroxylation sites is 4. The molecule has 0 radical (unpaired) electrons. The highest BCUT2D eigenvalue weighted by molar-refractivity contribution is 6.13. The van der Waals surface area contributed by atoms with Gasteiger partial charge in [-0.25, -0.2) is 0 Å². The predicted octanol–water partition coefficient (Wildman–Crippen LogP) is 23.7. The van der Waals surface area contributed by atoms with Gasteiger partial charge < -0.3 is 8.83 Å². The Morgan fingerprint density at radius 1 is 0.174 bits per heavy atom. The molecule has 12 aromatic carbocycles. The molecule has 0 saturated heterocycles. The molecule has 0 bridgehead atoms. The van der Waals surface area contributed by atoms with Crippen LogP contribution in [0.25, 0.3) is 178 Å². The second kappa shape index (κ2) is 23.0. The minimum Gasteiger partial charge on any atom is -0.455 e. The van der Waals surface area contributed by atoms with E-state index in [2.05, 4.69) is 267 Å². The Morgan fingerprint density at radius 2 is 0.489 bits per heavy atom. The summed E-state index contributed by atoms with van der Waals surface area (Å²) in [6.45, 7) is 0. The molecule has 5 aromatic heterocycles. The lowest BCUT2D eigenvalue weighted by atomic mass is 9.83. The highest BCUT2D eigenvalue weighted by Crippen LogP contribution is 2.49. The molecule has 5 nitrogen and oxygen atoms in total. The molecule has 0 unspecified atom stereocenters. The Labute approximate surface area is 532 Å². The molecule has 17 rings (SSSR count). The zero-order valence-corrected chi connectivity index (χ0v) is 49.9. The Bertz CT molecular complexity index is 5370. The van der Waals surface area contributed by atoms with Gasteiger partial charge in [0.15, 0.2) is 0 Å². The Morgan fingerprint density at radius 3 is 0.891 bits per heavy atom. The van der Waals surface area contributed by atoms with Crippen molar-refractivity contribution < 1.29 is 8.83 Å². The van der Waals surface area contributed by atoms with E-state index >= 15 is 0 Å². The SMILES string of the molecule is c1ccc(-c2cc(-c3ccccn3)ccc2-c2ccccc2-c2cc(-c3ccccc3-c3ccc(-c4ccccn4)cc3-c3cccc4c3oc3ccccc34)cc(-c3ccccc3-c3ccc(-c4ccccn4)cc3-c3cccc4c3oc3ccccc34)c2)cc1. The molecule has 17 aromatic rings. The molecular formula is C87H55N3O2. The van der Waals surface area contributed by atoms with Crippen LogP contribution in [0.1, 0.15) is 0 Å². The molecule has 0 aliphatic carbocycles. The molecule has 0 N–H and O–H groups in total. The summed E-state index contributed by atoms with van der Waals surface area (Å²) in [5.74, 6) is 0. The zero-order chi connectivity index (χ0) is 60.9. The number of furan rings is 2. The predicted molar refractivity (Wildman–Crippen MR) is 380 cm³/mol. The van der Waals surface area contributed by atoms with Crippen molar-refractivity contribution in [2.45, 2.75) is 0 Å². The van der Waals surface area contributed by atoms with E-state index in [1.165, 1.54) is 0 Å². The minimum absolute atomic E-state index is 0.843. The average molecular weight is 1170 g/mol. The third-order valence-electron chi connectivity index (χ3n) is 17.9. The number of nitrogens with zero attached hydrogens (tertiary/aromatic N) is 3. The van der Waals surface area contributed by atoms with Crippen LogP contribution in [-0.2, 0) is 0 Å². The van der Waals surface area contributed by atoms with E-state index in [0.29, 0.717) is 0 Å². The van der Waals surface area contributed by atoms with E-state index in [0.717, 1.165) is 178 Å². The molecule has 92 heavy (non-hydrogen) atoms. The molecule has 0 spiro atoms. The van der Waals surface area contributed by atoms with Gasteiger partial charge in [0.2, 0.25) is 0 Å². The van der Waals surface area contributed by atoms with Crippen LogP contribution in [0, 0.1) is 0 Å². The van der Waals surface area contributed by atoms with Gasteiger partial charge in [0.25, 0.3) is 0 Å². The zero-order valence-electron chi connectivity index (χ0n) is 49.9. The van der Waals surface area contributed by atoms with Crippen molar-refractivity contribution in [3.63, 3.8) is 0 Å². The average Bonchev–Trinajstić information content (AvgIpc) is 1.86. The summed E-state index contributed by atoms with van der Waals surface area (Å²) in [6.07, 6.45) is 5.58. The van der Waals surface area contributed by atoms with E-state index < -0.39 is 0 Å². The first kappa shape index (κ1) is 53.9. The van der Waals surface area contributed by atoms with E-state index in [1.807, 2.05) is 67.1 Å². The summed E-state index contributed by atoms with van der Waals surface area (Å²) in [5, 5.41) is 4.31. The van der Waals surface area contributed by atoms with E-state index in [1.54, 1.807) is 0 Å². The normalized spacial score (nSPS) is 11.5. The van der Waals surface area contributed by atoms with Gasteiger partial charge in [-0.15, -0.1) is 0 Å². The maximum atomic E-state index is 6.85. The molecule has 0 fully saturated rings. The molecular weight excluding hydrogens is 1120 g/mol. The van der Waals surface area contributed by atoms with Crippen molar-refractivity contribution in [1.29, 1.82) is 0 Å². The van der Waals surface area contributed by atoms with Crippen molar-refractivity contribution in [3.8, 4) is 134 Å². The smallest absolute Gasteiger partial charge is 0.143 e. The monoisotopic (exact) mass is 1170 g/mol. The van der Waals surface area contributed by atoms with Gasteiger partial charge in [-0.1, -0.05) is 231 Å². The van der Waals surface area contributed by atoms with Gasteiger partial charge in [-0.2, -0.15) is 0 Å². The maximum absolute atomic E-state index is 6.85.